The van der Waals surface area contributed by atoms with Crippen LogP contribution in [0.15, 0.2) is 24.3 Å². The number of rotatable bonds is 4. The molecule has 1 aliphatic rings. The zero-order chi connectivity index (χ0) is 13.1. The van der Waals surface area contributed by atoms with Gasteiger partial charge in [0.25, 0.3) is 0 Å². The lowest BCUT2D eigenvalue weighted by Crippen LogP contribution is -2.43. The average Bonchev–Trinajstić information content (AvgIpc) is 2.76. The highest BCUT2D eigenvalue weighted by atomic mass is 16.5. The molecular formula is C15H21N3O. The maximum absolute atomic E-state index is 5.68. The Hall–Kier alpha value is -1.36. The van der Waals surface area contributed by atoms with Crippen LogP contribution in [-0.4, -0.2) is 37.3 Å². The Bertz CT molecular complexity index is 543. The molecule has 4 heteroatoms. The fourth-order valence-corrected chi connectivity index (χ4v) is 2.67. The summed E-state index contributed by atoms with van der Waals surface area (Å²) in [6.45, 7) is 6.65. The number of aryl methyl sites for hydroxylation is 1. The van der Waals surface area contributed by atoms with Gasteiger partial charge in [-0.05, 0) is 18.6 Å². The van der Waals surface area contributed by atoms with Gasteiger partial charge in [-0.25, -0.2) is 0 Å². The summed E-state index contributed by atoms with van der Waals surface area (Å²) in [5.41, 5.74) is 3.82. The molecule has 1 saturated heterocycles. The van der Waals surface area contributed by atoms with Gasteiger partial charge < -0.3 is 20.4 Å². The maximum atomic E-state index is 5.68. The van der Waals surface area contributed by atoms with E-state index in [0.717, 1.165) is 32.8 Å². The lowest BCUT2D eigenvalue weighted by molar-refractivity contribution is 0.0291. The Labute approximate surface area is 113 Å². The van der Waals surface area contributed by atoms with Gasteiger partial charge in [0.05, 0.1) is 12.7 Å². The summed E-state index contributed by atoms with van der Waals surface area (Å²) in [6, 6.07) is 8.46. The lowest BCUT2D eigenvalue weighted by atomic mass is 10.1. The number of aromatic amines is 1. The third-order valence-corrected chi connectivity index (χ3v) is 3.71. The second-order valence-corrected chi connectivity index (χ2v) is 5.10. The topological polar surface area (TPSA) is 49.1 Å². The van der Waals surface area contributed by atoms with Crippen LogP contribution >= 0.6 is 0 Å². The molecule has 19 heavy (non-hydrogen) atoms. The van der Waals surface area contributed by atoms with Crippen molar-refractivity contribution in [2.24, 2.45) is 0 Å². The highest BCUT2D eigenvalue weighted by molar-refractivity contribution is 5.84. The van der Waals surface area contributed by atoms with Crippen molar-refractivity contribution in [2.45, 2.75) is 19.6 Å². The molecule has 1 aromatic heterocycles. The molecule has 1 unspecified atom stereocenters. The highest BCUT2D eigenvalue weighted by Crippen LogP contribution is 2.21. The number of aromatic nitrogens is 1. The van der Waals surface area contributed by atoms with E-state index in [2.05, 4.69) is 46.8 Å². The fourth-order valence-electron chi connectivity index (χ4n) is 2.67. The molecule has 0 radical (unpaired) electrons. The van der Waals surface area contributed by atoms with Crippen LogP contribution in [0, 0.1) is 6.92 Å². The van der Waals surface area contributed by atoms with Crippen LogP contribution in [0.3, 0.4) is 0 Å². The first-order chi connectivity index (χ1) is 9.34. The molecule has 0 saturated carbocycles. The van der Waals surface area contributed by atoms with Gasteiger partial charge in [0, 0.05) is 42.8 Å². The first-order valence-electron chi connectivity index (χ1n) is 6.94. The Balaban J connectivity index is 1.63. The molecule has 102 valence electrons. The average molecular weight is 259 g/mol. The number of nitrogens with one attached hydrogen (secondary N) is 3. The minimum Gasteiger partial charge on any atom is -0.374 e. The number of hydrogen-bond donors (Lipinski definition) is 3. The Morgan fingerprint density at radius 2 is 2.26 bits per heavy atom. The van der Waals surface area contributed by atoms with E-state index in [1.54, 1.807) is 0 Å². The standard InChI is InChI=1S/C15H21N3O/c1-11-14(13-4-2-3-5-15(13)18-11)10-17-9-12-8-16-6-7-19-12/h2-5,12,16-18H,6-10H2,1H3. The number of morpholine rings is 1. The molecule has 3 rings (SSSR count). The number of benzene rings is 1. The van der Waals surface area contributed by atoms with Gasteiger partial charge in [-0.15, -0.1) is 0 Å². The molecule has 2 aromatic rings. The van der Waals surface area contributed by atoms with Crippen molar-refractivity contribution < 1.29 is 4.74 Å². The number of H-pyrrole nitrogens is 1. The van der Waals surface area contributed by atoms with E-state index in [-0.39, 0.29) is 0 Å². The molecule has 0 aliphatic carbocycles. The van der Waals surface area contributed by atoms with Crippen molar-refractivity contribution in [3.8, 4) is 0 Å². The Morgan fingerprint density at radius 3 is 3.11 bits per heavy atom. The van der Waals surface area contributed by atoms with Gasteiger partial charge in [0.1, 0.15) is 0 Å². The summed E-state index contributed by atoms with van der Waals surface area (Å²) in [6.07, 6.45) is 0.291. The van der Waals surface area contributed by atoms with Crippen LogP contribution in [0.2, 0.25) is 0 Å². The van der Waals surface area contributed by atoms with Gasteiger partial charge in [0.2, 0.25) is 0 Å². The fraction of sp³-hybridized carbons (Fsp3) is 0.467. The molecule has 3 N–H and O–H groups in total. The summed E-state index contributed by atoms with van der Waals surface area (Å²) in [5.74, 6) is 0. The van der Waals surface area contributed by atoms with Crippen molar-refractivity contribution in [3.05, 3.63) is 35.5 Å². The Kier molecular flexibility index (Phi) is 3.82. The summed E-state index contributed by atoms with van der Waals surface area (Å²) < 4.78 is 5.68. The number of hydrogen-bond acceptors (Lipinski definition) is 3. The van der Waals surface area contributed by atoms with Gasteiger partial charge in [0.15, 0.2) is 0 Å². The van der Waals surface area contributed by atoms with Gasteiger partial charge >= 0.3 is 0 Å². The number of fused-ring (bicyclic) bond motifs is 1. The normalized spacial score (nSPS) is 19.9. The molecule has 1 aromatic carbocycles. The highest BCUT2D eigenvalue weighted by Gasteiger charge is 2.13. The van der Waals surface area contributed by atoms with Crippen LogP contribution in [0.1, 0.15) is 11.3 Å². The third-order valence-electron chi connectivity index (χ3n) is 3.71. The molecule has 0 amide bonds. The van der Waals surface area contributed by atoms with Crippen LogP contribution in [0.25, 0.3) is 10.9 Å². The SMILES string of the molecule is Cc1[nH]c2ccccc2c1CNCC1CNCCO1. The molecule has 4 nitrogen and oxygen atoms in total. The van der Waals surface area contributed by atoms with Crippen LogP contribution in [0.4, 0.5) is 0 Å². The van der Waals surface area contributed by atoms with Crippen LogP contribution in [0.5, 0.6) is 0 Å². The maximum Gasteiger partial charge on any atom is 0.0824 e. The molecule has 1 fully saturated rings. The Morgan fingerprint density at radius 1 is 1.37 bits per heavy atom. The van der Waals surface area contributed by atoms with Crippen molar-refractivity contribution in [1.82, 2.24) is 15.6 Å². The molecule has 1 aliphatic heterocycles. The van der Waals surface area contributed by atoms with E-state index in [4.69, 9.17) is 4.74 Å². The molecule has 0 spiro atoms. The zero-order valence-corrected chi connectivity index (χ0v) is 11.3. The molecule has 0 bridgehead atoms. The minimum absolute atomic E-state index is 0.291. The minimum atomic E-state index is 0.291. The predicted molar refractivity (Wildman–Crippen MR) is 77.4 cm³/mol. The number of para-hydroxylation sites is 1. The molecule has 1 atom stereocenters. The van der Waals surface area contributed by atoms with Crippen molar-refractivity contribution in [1.29, 1.82) is 0 Å². The van der Waals surface area contributed by atoms with E-state index < -0.39 is 0 Å². The summed E-state index contributed by atoms with van der Waals surface area (Å²) in [7, 11) is 0. The van der Waals surface area contributed by atoms with E-state index in [9.17, 15) is 0 Å². The predicted octanol–water partition coefficient (Wildman–Crippen LogP) is 1.55. The van der Waals surface area contributed by atoms with E-state index in [1.807, 2.05) is 0 Å². The monoisotopic (exact) mass is 259 g/mol. The summed E-state index contributed by atoms with van der Waals surface area (Å²) in [5, 5.41) is 8.17. The van der Waals surface area contributed by atoms with Crippen molar-refractivity contribution >= 4 is 10.9 Å². The summed E-state index contributed by atoms with van der Waals surface area (Å²) in [4.78, 5) is 3.43. The molecular weight excluding hydrogens is 238 g/mol. The van der Waals surface area contributed by atoms with Gasteiger partial charge in [-0.2, -0.15) is 0 Å². The first kappa shape index (κ1) is 12.7. The zero-order valence-electron chi connectivity index (χ0n) is 11.3. The van der Waals surface area contributed by atoms with Crippen molar-refractivity contribution in [2.75, 3.05) is 26.2 Å². The molecule has 2 heterocycles. The van der Waals surface area contributed by atoms with E-state index >= 15 is 0 Å². The number of ether oxygens (including phenoxy) is 1. The second-order valence-electron chi connectivity index (χ2n) is 5.10. The van der Waals surface area contributed by atoms with E-state index in [0.29, 0.717) is 6.10 Å². The van der Waals surface area contributed by atoms with Crippen LogP contribution in [-0.2, 0) is 11.3 Å². The second kappa shape index (κ2) is 5.74. The van der Waals surface area contributed by atoms with Crippen molar-refractivity contribution in [3.63, 3.8) is 0 Å². The smallest absolute Gasteiger partial charge is 0.0824 e. The third kappa shape index (κ3) is 2.81. The lowest BCUT2D eigenvalue weighted by Gasteiger charge is -2.23. The van der Waals surface area contributed by atoms with Gasteiger partial charge in [-0.3, -0.25) is 0 Å². The van der Waals surface area contributed by atoms with Crippen LogP contribution < -0.4 is 10.6 Å². The van der Waals surface area contributed by atoms with E-state index in [1.165, 1.54) is 22.2 Å². The first-order valence-corrected chi connectivity index (χ1v) is 6.94. The summed E-state index contributed by atoms with van der Waals surface area (Å²) >= 11 is 0. The largest absolute Gasteiger partial charge is 0.374 e. The quantitative estimate of drug-likeness (QED) is 0.781. The van der Waals surface area contributed by atoms with Gasteiger partial charge in [-0.1, -0.05) is 18.2 Å².